The van der Waals surface area contributed by atoms with Gasteiger partial charge in [0.05, 0.1) is 24.6 Å². The number of anilines is 1. The average molecular weight is 360 g/mol. The molecular formula is C17H24N6O3. The summed E-state index contributed by atoms with van der Waals surface area (Å²) in [5.41, 5.74) is 12.0. The summed E-state index contributed by atoms with van der Waals surface area (Å²) in [5, 5.41) is 13.9. The molecule has 2 unspecified atom stereocenters. The van der Waals surface area contributed by atoms with Crippen LogP contribution in [0.1, 0.15) is 36.2 Å². The van der Waals surface area contributed by atoms with E-state index in [1.807, 2.05) is 0 Å². The van der Waals surface area contributed by atoms with Crippen molar-refractivity contribution in [2.45, 2.75) is 37.8 Å². The lowest BCUT2D eigenvalue weighted by atomic mass is 9.91. The number of carbonyl (C=O) groups excluding carboxylic acids is 2. The highest BCUT2D eigenvalue weighted by atomic mass is 16.5. The summed E-state index contributed by atoms with van der Waals surface area (Å²) >= 11 is 0. The average Bonchev–Trinajstić information content (AvgIpc) is 2.63. The van der Waals surface area contributed by atoms with Crippen LogP contribution in [-0.2, 0) is 9.53 Å². The fourth-order valence-electron chi connectivity index (χ4n) is 2.73. The molecule has 0 spiro atoms. The Morgan fingerprint density at radius 2 is 2.08 bits per heavy atom. The number of nitrogens with two attached hydrogens (primary N) is 2. The van der Waals surface area contributed by atoms with Crippen LogP contribution < -0.4 is 22.1 Å². The monoisotopic (exact) mass is 360 g/mol. The molecule has 9 heteroatoms. The van der Waals surface area contributed by atoms with Gasteiger partial charge in [-0.05, 0) is 25.0 Å². The van der Waals surface area contributed by atoms with E-state index in [0.717, 1.165) is 25.7 Å². The van der Waals surface area contributed by atoms with Crippen molar-refractivity contribution >= 4 is 23.4 Å². The Balaban J connectivity index is 2.04. The molecule has 1 aromatic heterocycles. The molecule has 0 bridgehead atoms. The van der Waals surface area contributed by atoms with Gasteiger partial charge in [-0.25, -0.2) is 9.78 Å². The smallest absolute Gasteiger partial charge is 0.356 e. The quantitative estimate of drug-likeness (QED) is 0.214. The Morgan fingerprint density at radius 1 is 1.35 bits per heavy atom. The Hall–Kier alpha value is -2.94. The molecule has 1 heterocycles. The molecule has 9 nitrogen and oxygen atoms in total. The first-order valence-corrected chi connectivity index (χ1v) is 8.34. The maximum atomic E-state index is 11.7. The third kappa shape index (κ3) is 5.03. The first-order valence-electron chi connectivity index (χ1n) is 8.34. The van der Waals surface area contributed by atoms with E-state index in [4.69, 9.17) is 16.9 Å². The highest BCUT2D eigenvalue weighted by Crippen LogP contribution is 2.17. The molecule has 2 rings (SSSR count). The Labute approximate surface area is 151 Å². The minimum Gasteiger partial charge on any atom is -0.464 e. The SMILES string of the molecule is COC(=O)c1ccc(NC(=N)/C(=C\NC2CCCCC2N)C(N)=O)cn1. The molecule has 26 heavy (non-hydrogen) atoms. The van der Waals surface area contributed by atoms with Crippen molar-refractivity contribution in [3.05, 3.63) is 35.8 Å². The maximum absolute atomic E-state index is 11.7. The van der Waals surface area contributed by atoms with Crippen LogP contribution >= 0.6 is 0 Å². The van der Waals surface area contributed by atoms with Crippen LogP contribution in [0.4, 0.5) is 5.69 Å². The fraction of sp³-hybridized carbons (Fsp3) is 0.412. The van der Waals surface area contributed by atoms with E-state index < -0.39 is 11.9 Å². The van der Waals surface area contributed by atoms with Crippen molar-refractivity contribution in [1.82, 2.24) is 10.3 Å². The van der Waals surface area contributed by atoms with E-state index in [9.17, 15) is 9.59 Å². The van der Waals surface area contributed by atoms with Crippen molar-refractivity contribution in [2.24, 2.45) is 11.5 Å². The summed E-state index contributed by atoms with van der Waals surface area (Å²) in [4.78, 5) is 27.0. The molecule has 0 aromatic carbocycles. The van der Waals surface area contributed by atoms with E-state index >= 15 is 0 Å². The summed E-state index contributed by atoms with van der Waals surface area (Å²) in [6.45, 7) is 0. The molecular weight excluding hydrogens is 336 g/mol. The number of pyridine rings is 1. The second-order valence-corrected chi connectivity index (χ2v) is 6.07. The van der Waals surface area contributed by atoms with Crippen LogP contribution in [0.3, 0.4) is 0 Å². The fourth-order valence-corrected chi connectivity index (χ4v) is 2.73. The Kier molecular flexibility index (Phi) is 6.67. The topological polar surface area (TPSA) is 156 Å². The summed E-state index contributed by atoms with van der Waals surface area (Å²) in [5.74, 6) is -1.47. The van der Waals surface area contributed by atoms with Gasteiger partial charge >= 0.3 is 5.97 Å². The van der Waals surface area contributed by atoms with Crippen LogP contribution in [-0.4, -0.2) is 41.9 Å². The third-order valence-electron chi connectivity index (χ3n) is 4.22. The van der Waals surface area contributed by atoms with Crippen molar-refractivity contribution in [3.8, 4) is 0 Å². The summed E-state index contributed by atoms with van der Waals surface area (Å²) < 4.78 is 4.57. The van der Waals surface area contributed by atoms with Gasteiger partial charge in [0.25, 0.3) is 5.91 Å². The van der Waals surface area contributed by atoms with E-state index in [0.29, 0.717) is 5.69 Å². The van der Waals surface area contributed by atoms with E-state index in [1.54, 1.807) is 6.07 Å². The first-order chi connectivity index (χ1) is 12.4. The molecule has 1 aliphatic carbocycles. The highest BCUT2D eigenvalue weighted by Gasteiger charge is 2.21. The minimum absolute atomic E-state index is 0.000169. The van der Waals surface area contributed by atoms with Crippen molar-refractivity contribution < 1.29 is 14.3 Å². The van der Waals surface area contributed by atoms with Gasteiger partial charge in [-0.15, -0.1) is 0 Å². The van der Waals surface area contributed by atoms with Gasteiger partial charge < -0.3 is 26.8 Å². The minimum atomic E-state index is -0.737. The summed E-state index contributed by atoms with van der Waals surface area (Å²) in [6.07, 6.45) is 6.79. The molecule has 140 valence electrons. The number of hydrogen-bond acceptors (Lipinski definition) is 7. The number of amidine groups is 1. The number of nitrogens with zero attached hydrogens (tertiary/aromatic N) is 1. The predicted octanol–water partition coefficient (Wildman–Crippen LogP) is 0.486. The number of hydrogen-bond donors (Lipinski definition) is 5. The van der Waals surface area contributed by atoms with E-state index in [2.05, 4.69) is 20.4 Å². The zero-order chi connectivity index (χ0) is 19.1. The van der Waals surface area contributed by atoms with Gasteiger partial charge in [0, 0.05) is 18.3 Å². The Bertz CT molecular complexity index is 701. The number of amides is 1. The zero-order valence-electron chi connectivity index (χ0n) is 14.6. The summed E-state index contributed by atoms with van der Waals surface area (Å²) in [6, 6.07) is 3.06. The number of primary amides is 1. The van der Waals surface area contributed by atoms with E-state index in [-0.39, 0.29) is 29.2 Å². The molecule has 0 saturated heterocycles. The van der Waals surface area contributed by atoms with Gasteiger partial charge in [0.15, 0.2) is 0 Å². The molecule has 1 amide bonds. The summed E-state index contributed by atoms with van der Waals surface area (Å²) in [7, 11) is 1.26. The van der Waals surface area contributed by atoms with Gasteiger partial charge in [-0.3, -0.25) is 10.2 Å². The normalized spacial score (nSPS) is 20.2. The highest BCUT2D eigenvalue weighted by molar-refractivity contribution is 6.23. The number of carbonyl (C=O) groups is 2. The number of ether oxygens (including phenoxy) is 1. The molecule has 1 fully saturated rings. The Morgan fingerprint density at radius 3 is 2.65 bits per heavy atom. The number of methoxy groups -OCH3 is 1. The van der Waals surface area contributed by atoms with Gasteiger partial charge in [0.2, 0.25) is 0 Å². The van der Waals surface area contributed by atoms with Crippen LogP contribution in [0.25, 0.3) is 0 Å². The third-order valence-corrected chi connectivity index (χ3v) is 4.22. The molecule has 0 aliphatic heterocycles. The molecule has 1 saturated carbocycles. The maximum Gasteiger partial charge on any atom is 0.356 e. The lowest BCUT2D eigenvalue weighted by Gasteiger charge is -2.29. The standard InChI is InChI=1S/C17H24N6O3/c1-26-17(25)14-7-6-10(8-21-14)23-15(19)11(16(20)24)9-22-13-5-3-2-4-12(13)18/h6-9,12-13,22H,2-5,18H2,1H3,(H2,19,23)(H2,20,24)/b11-9+. The predicted molar refractivity (Wildman–Crippen MR) is 97.6 cm³/mol. The van der Waals surface area contributed by atoms with Gasteiger partial charge in [-0.2, -0.15) is 0 Å². The second kappa shape index (κ2) is 8.95. The van der Waals surface area contributed by atoms with Crippen LogP contribution in [0, 0.1) is 5.41 Å². The van der Waals surface area contributed by atoms with Crippen molar-refractivity contribution in [2.75, 3.05) is 12.4 Å². The zero-order valence-corrected chi connectivity index (χ0v) is 14.6. The van der Waals surface area contributed by atoms with Crippen molar-refractivity contribution in [1.29, 1.82) is 5.41 Å². The van der Waals surface area contributed by atoms with E-state index in [1.165, 1.54) is 25.6 Å². The van der Waals surface area contributed by atoms with Crippen LogP contribution in [0.15, 0.2) is 30.1 Å². The first kappa shape index (κ1) is 19.4. The van der Waals surface area contributed by atoms with Gasteiger partial charge in [0.1, 0.15) is 11.5 Å². The van der Waals surface area contributed by atoms with Gasteiger partial charge in [-0.1, -0.05) is 12.8 Å². The molecule has 1 aromatic rings. The molecule has 2 atom stereocenters. The van der Waals surface area contributed by atoms with Crippen LogP contribution in [0.2, 0.25) is 0 Å². The molecule has 0 radical (unpaired) electrons. The second-order valence-electron chi connectivity index (χ2n) is 6.07. The van der Waals surface area contributed by atoms with Crippen LogP contribution in [0.5, 0.6) is 0 Å². The number of aromatic nitrogens is 1. The number of rotatable bonds is 6. The number of nitrogens with one attached hydrogen (secondary N) is 3. The lowest BCUT2D eigenvalue weighted by Crippen LogP contribution is -2.45. The molecule has 7 N–H and O–H groups in total. The molecule has 1 aliphatic rings. The largest absolute Gasteiger partial charge is 0.464 e. The lowest BCUT2D eigenvalue weighted by molar-refractivity contribution is -0.114. The van der Waals surface area contributed by atoms with Crippen molar-refractivity contribution in [3.63, 3.8) is 0 Å². The number of esters is 1.